The fourth-order valence-electron chi connectivity index (χ4n) is 4.06. The maximum atomic E-state index is 12.1. The molecule has 5 heteroatoms. The van der Waals surface area contributed by atoms with Gasteiger partial charge in [0.25, 0.3) is 0 Å². The van der Waals surface area contributed by atoms with E-state index in [2.05, 4.69) is 28.8 Å². The van der Waals surface area contributed by atoms with Gasteiger partial charge in [0.05, 0.1) is 23.9 Å². The van der Waals surface area contributed by atoms with Gasteiger partial charge in [-0.1, -0.05) is 18.2 Å². The van der Waals surface area contributed by atoms with E-state index >= 15 is 0 Å². The smallest absolute Gasteiger partial charge is 0.249 e. The van der Waals surface area contributed by atoms with Crippen LogP contribution in [0.1, 0.15) is 22.8 Å². The van der Waals surface area contributed by atoms with Gasteiger partial charge in [0.1, 0.15) is 11.5 Å². The summed E-state index contributed by atoms with van der Waals surface area (Å²) in [5.41, 5.74) is 10.1. The second kappa shape index (κ2) is 7.69. The SMILES string of the molecule is CCOc1ccc(Cn2c3cc(-c4ccco4)c[c]c3c3c(C(N)=O)cccc32)cc1. The molecule has 5 nitrogen and oxygen atoms in total. The molecule has 0 saturated carbocycles. The van der Waals surface area contributed by atoms with Crippen molar-refractivity contribution in [3.8, 4) is 17.1 Å². The van der Waals surface area contributed by atoms with Gasteiger partial charge in [0.15, 0.2) is 0 Å². The number of aromatic nitrogens is 1. The number of ether oxygens (including phenoxy) is 1. The van der Waals surface area contributed by atoms with Crippen LogP contribution in [0.4, 0.5) is 0 Å². The molecule has 0 bridgehead atoms. The third kappa shape index (κ3) is 3.34. The van der Waals surface area contributed by atoms with E-state index in [4.69, 9.17) is 14.9 Å². The van der Waals surface area contributed by atoms with E-state index in [1.165, 1.54) is 0 Å². The Balaban J connectivity index is 1.72. The molecule has 0 aliphatic heterocycles. The Hall–Kier alpha value is -3.99. The number of furan rings is 1. The molecular formula is C26H21N2O3. The van der Waals surface area contributed by atoms with Gasteiger partial charge in [-0.05, 0) is 67.1 Å². The van der Waals surface area contributed by atoms with Crippen molar-refractivity contribution in [3.05, 3.63) is 90.2 Å². The fraction of sp³-hybridized carbons (Fsp3) is 0.115. The lowest BCUT2D eigenvalue weighted by Gasteiger charge is -2.10. The van der Waals surface area contributed by atoms with Crippen molar-refractivity contribution >= 4 is 27.7 Å². The molecule has 153 valence electrons. The maximum Gasteiger partial charge on any atom is 0.249 e. The van der Waals surface area contributed by atoms with Crippen molar-refractivity contribution in [2.75, 3.05) is 6.61 Å². The largest absolute Gasteiger partial charge is 0.494 e. The molecule has 1 amide bonds. The molecule has 0 unspecified atom stereocenters. The Morgan fingerprint density at radius 2 is 1.94 bits per heavy atom. The van der Waals surface area contributed by atoms with Crippen LogP contribution in [0.15, 0.2) is 77.4 Å². The Morgan fingerprint density at radius 3 is 2.65 bits per heavy atom. The van der Waals surface area contributed by atoms with E-state index in [0.29, 0.717) is 18.7 Å². The fourth-order valence-corrected chi connectivity index (χ4v) is 4.06. The molecule has 0 atom stereocenters. The highest BCUT2D eigenvalue weighted by molar-refractivity contribution is 6.18. The van der Waals surface area contributed by atoms with Crippen molar-refractivity contribution in [1.82, 2.24) is 4.57 Å². The molecule has 0 saturated heterocycles. The van der Waals surface area contributed by atoms with E-state index in [9.17, 15) is 4.79 Å². The second-order valence-corrected chi connectivity index (χ2v) is 7.35. The van der Waals surface area contributed by atoms with Gasteiger partial charge in [0.2, 0.25) is 5.91 Å². The summed E-state index contributed by atoms with van der Waals surface area (Å²) in [4.78, 5) is 12.1. The average Bonchev–Trinajstić information content (AvgIpc) is 3.42. The van der Waals surface area contributed by atoms with Crippen molar-refractivity contribution in [3.63, 3.8) is 0 Å². The molecule has 0 fully saturated rings. The minimum absolute atomic E-state index is 0.450. The highest BCUT2D eigenvalue weighted by Gasteiger charge is 2.18. The average molecular weight is 409 g/mol. The summed E-state index contributed by atoms with van der Waals surface area (Å²) in [5, 5.41) is 1.69. The lowest BCUT2D eigenvalue weighted by molar-refractivity contribution is 0.100. The first kappa shape index (κ1) is 19.0. The Kier molecular flexibility index (Phi) is 4.71. The van der Waals surface area contributed by atoms with Gasteiger partial charge in [-0.2, -0.15) is 0 Å². The first-order valence-electron chi connectivity index (χ1n) is 10.2. The van der Waals surface area contributed by atoms with Crippen LogP contribution in [0.3, 0.4) is 0 Å². The van der Waals surface area contributed by atoms with Gasteiger partial charge >= 0.3 is 0 Å². The first-order valence-corrected chi connectivity index (χ1v) is 10.2. The van der Waals surface area contributed by atoms with Gasteiger partial charge < -0.3 is 19.5 Å². The molecule has 31 heavy (non-hydrogen) atoms. The number of rotatable bonds is 6. The molecule has 1 radical (unpaired) electrons. The van der Waals surface area contributed by atoms with E-state index in [1.807, 2.05) is 49.4 Å². The van der Waals surface area contributed by atoms with Crippen LogP contribution in [0.2, 0.25) is 0 Å². The zero-order chi connectivity index (χ0) is 21.4. The van der Waals surface area contributed by atoms with E-state index < -0.39 is 5.91 Å². The topological polar surface area (TPSA) is 70.4 Å². The number of fused-ring (bicyclic) bond motifs is 3. The molecule has 5 rings (SSSR count). The number of hydrogen-bond donors (Lipinski definition) is 1. The maximum absolute atomic E-state index is 12.1. The van der Waals surface area contributed by atoms with Crippen molar-refractivity contribution in [1.29, 1.82) is 0 Å². The normalized spacial score (nSPS) is 11.3. The van der Waals surface area contributed by atoms with E-state index in [1.54, 1.807) is 12.3 Å². The van der Waals surface area contributed by atoms with Gasteiger partial charge in [-0.15, -0.1) is 0 Å². The quantitative estimate of drug-likeness (QED) is 0.408. The summed E-state index contributed by atoms with van der Waals surface area (Å²) in [6, 6.07) is 24.8. The molecule has 0 aliphatic carbocycles. The third-order valence-corrected chi connectivity index (χ3v) is 5.44. The second-order valence-electron chi connectivity index (χ2n) is 7.35. The molecule has 2 N–H and O–H groups in total. The van der Waals surface area contributed by atoms with Crippen LogP contribution >= 0.6 is 0 Å². The van der Waals surface area contributed by atoms with Crippen molar-refractivity contribution < 1.29 is 13.9 Å². The van der Waals surface area contributed by atoms with Crippen LogP contribution in [0.25, 0.3) is 33.1 Å². The van der Waals surface area contributed by atoms with Crippen LogP contribution < -0.4 is 10.5 Å². The van der Waals surface area contributed by atoms with Crippen molar-refractivity contribution in [2.45, 2.75) is 13.5 Å². The highest BCUT2D eigenvalue weighted by atomic mass is 16.5. The van der Waals surface area contributed by atoms with Crippen LogP contribution in [-0.2, 0) is 6.54 Å². The van der Waals surface area contributed by atoms with Gasteiger partial charge in [0, 0.05) is 28.4 Å². The van der Waals surface area contributed by atoms with Crippen molar-refractivity contribution in [2.24, 2.45) is 5.73 Å². The van der Waals surface area contributed by atoms with Gasteiger partial charge in [-0.3, -0.25) is 4.79 Å². The third-order valence-electron chi connectivity index (χ3n) is 5.44. The monoisotopic (exact) mass is 409 g/mol. The number of hydrogen-bond acceptors (Lipinski definition) is 3. The molecule has 5 aromatic rings. The number of carbonyl (C=O) groups is 1. The summed E-state index contributed by atoms with van der Waals surface area (Å²) in [6.45, 7) is 3.23. The zero-order valence-electron chi connectivity index (χ0n) is 17.1. The predicted molar refractivity (Wildman–Crippen MR) is 121 cm³/mol. The molecule has 3 aromatic carbocycles. The standard InChI is InChI=1S/C26H21N2O3/c1-2-30-19-11-8-17(9-12-19)16-28-22-6-3-5-21(26(27)29)25(22)20-13-10-18(15-23(20)28)24-7-4-14-31-24/h3-12,14-15H,2,16H2,1H3,(H2,27,29). The number of nitrogens with two attached hydrogens (primary N) is 1. The highest BCUT2D eigenvalue weighted by Crippen LogP contribution is 2.35. The Bertz CT molecular complexity index is 1380. The van der Waals surface area contributed by atoms with Crippen LogP contribution in [0, 0.1) is 6.07 Å². The predicted octanol–water partition coefficient (Wildman–Crippen LogP) is 5.40. The Morgan fingerprint density at radius 1 is 1.10 bits per heavy atom. The summed E-state index contributed by atoms with van der Waals surface area (Å²) < 4.78 is 13.3. The lowest BCUT2D eigenvalue weighted by Crippen LogP contribution is -2.11. The van der Waals surface area contributed by atoms with E-state index in [0.717, 1.165) is 44.4 Å². The number of nitrogens with zero attached hydrogens (tertiary/aromatic N) is 1. The summed E-state index contributed by atoms with van der Waals surface area (Å²) in [7, 11) is 0. The minimum atomic E-state index is -0.450. The van der Waals surface area contributed by atoms with Crippen LogP contribution in [0.5, 0.6) is 5.75 Å². The number of carbonyl (C=O) groups excluding carboxylic acids is 1. The molecule has 0 aliphatic rings. The summed E-state index contributed by atoms with van der Waals surface area (Å²) in [5.74, 6) is 1.17. The molecule has 2 aromatic heterocycles. The molecular weight excluding hydrogens is 388 g/mol. The minimum Gasteiger partial charge on any atom is -0.494 e. The zero-order valence-corrected chi connectivity index (χ0v) is 17.1. The Labute approximate surface area is 179 Å². The van der Waals surface area contributed by atoms with Crippen LogP contribution in [-0.4, -0.2) is 17.1 Å². The first-order chi connectivity index (χ1) is 15.2. The van der Waals surface area contributed by atoms with Gasteiger partial charge in [-0.25, -0.2) is 0 Å². The number of primary amides is 1. The summed E-state index contributed by atoms with van der Waals surface area (Å²) in [6.07, 6.45) is 1.65. The number of benzene rings is 3. The number of amides is 1. The molecule has 0 spiro atoms. The molecule has 2 heterocycles. The summed E-state index contributed by atoms with van der Waals surface area (Å²) >= 11 is 0. The lowest BCUT2D eigenvalue weighted by atomic mass is 10.0. The van der Waals surface area contributed by atoms with E-state index in [-0.39, 0.29) is 0 Å².